The van der Waals surface area contributed by atoms with Gasteiger partial charge in [-0.05, 0) is 68.3 Å². The standard InChI is InChI=1S/C35H25Cl/c36-29-21-22-30-32(23-29)35(28-19-11-4-12-20-28)33(34(30)27-17-9-3-10-18-27)24-31(25-13-5-1-6-14-25)26-15-7-2-8-16-26/h1-24,35H. The van der Waals surface area contributed by atoms with Gasteiger partial charge in [0.2, 0.25) is 0 Å². The largest absolute Gasteiger partial charge is 0.0843 e. The van der Waals surface area contributed by atoms with E-state index in [0.29, 0.717) is 0 Å². The van der Waals surface area contributed by atoms with Crippen molar-refractivity contribution in [2.45, 2.75) is 5.92 Å². The van der Waals surface area contributed by atoms with Crippen molar-refractivity contribution in [2.24, 2.45) is 0 Å². The fourth-order valence-corrected chi connectivity index (χ4v) is 5.46. The second kappa shape index (κ2) is 9.85. The van der Waals surface area contributed by atoms with Gasteiger partial charge in [-0.2, -0.15) is 0 Å². The molecule has 0 saturated heterocycles. The fourth-order valence-electron chi connectivity index (χ4n) is 5.28. The molecule has 0 heterocycles. The normalized spacial score (nSPS) is 14.4. The molecule has 0 spiro atoms. The van der Waals surface area contributed by atoms with E-state index >= 15 is 0 Å². The Bertz CT molecular complexity index is 1510. The molecule has 0 aliphatic heterocycles. The third-order valence-corrected chi connectivity index (χ3v) is 7.09. The highest BCUT2D eigenvalue weighted by atomic mass is 35.5. The number of benzene rings is 5. The van der Waals surface area contributed by atoms with Gasteiger partial charge in [-0.25, -0.2) is 0 Å². The van der Waals surface area contributed by atoms with E-state index in [-0.39, 0.29) is 5.92 Å². The lowest BCUT2D eigenvalue weighted by atomic mass is 9.85. The average molecular weight is 481 g/mol. The van der Waals surface area contributed by atoms with Crippen LogP contribution in [0, 0.1) is 0 Å². The molecule has 0 fully saturated rings. The van der Waals surface area contributed by atoms with Gasteiger partial charge < -0.3 is 0 Å². The summed E-state index contributed by atoms with van der Waals surface area (Å²) in [5, 5.41) is 0.763. The summed E-state index contributed by atoms with van der Waals surface area (Å²) < 4.78 is 0. The number of halogens is 1. The van der Waals surface area contributed by atoms with Crippen molar-refractivity contribution in [3.8, 4) is 0 Å². The van der Waals surface area contributed by atoms with Crippen molar-refractivity contribution in [2.75, 3.05) is 0 Å². The van der Waals surface area contributed by atoms with Crippen molar-refractivity contribution < 1.29 is 0 Å². The quantitative estimate of drug-likeness (QED) is 0.235. The summed E-state index contributed by atoms with van der Waals surface area (Å²) >= 11 is 6.58. The molecule has 1 aliphatic carbocycles. The summed E-state index contributed by atoms with van der Waals surface area (Å²) in [4.78, 5) is 0. The molecule has 0 nitrogen and oxygen atoms in total. The molecular formula is C35H25Cl. The Morgan fingerprint density at radius 3 is 1.69 bits per heavy atom. The molecule has 1 heteroatoms. The van der Waals surface area contributed by atoms with Crippen molar-refractivity contribution in [3.63, 3.8) is 0 Å². The minimum atomic E-state index is 0.0810. The van der Waals surface area contributed by atoms with E-state index < -0.39 is 0 Å². The highest BCUT2D eigenvalue weighted by Crippen LogP contribution is 2.50. The van der Waals surface area contributed by atoms with Gasteiger partial charge in [-0.1, -0.05) is 139 Å². The Balaban J connectivity index is 1.69. The summed E-state index contributed by atoms with van der Waals surface area (Å²) in [6.45, 7) is 0. The van der Waals surface area contributed by atoms with Crippen LogP contribution in [0.15, 0.2) is 151 Å². The molecule has 1 aliphatic rings. The van der Waals surface area contributed by atoms with E-state index in [1.165, 1.54) is 50.1 Å². The Morgan fingerprint density at radius 2 is 1.11 bits per heavy atom. The second-order valence-corrected chi connectivity index (χ2v) is 9.50. The van der Waals surface area contributed by atoms with Gasteiger partial charge >= 0.3 is 0 Å². The number of allylic oxidation sites excluding steroid dienone is 2. The monoisotopic (exact) mass is 480 g/mol. The van der Waals surface area contributed by atoms with Crippen molar-refractivity contribution in [3.05, 3.63) is 190 Å². The smallest absolute Gasteiger partial charge is 0.0409 e. The van der Waals surface area contributed by atoms with Gasteiger partial charge in [0, 0.05) is 10.9 Å². The minimum Gasteiger partial charge on any atom is -0.0843 e. The summed E-state index contributed by atoms with van der Waals surface area (Å²) in [5.74, 6) is 0.0810. The Hall–Kier alpha value is -4.13. The summed E-state index contributed by atoms with van der Waals surface area (Å²) in [5.41, 5.74) is 11.1. The Kier molecular flexibility index (Phi) is 6.11. The third kappa shape index (κ3) is 4.21. The van der Waals surface area contributed by atoms with Crippen LogP contribution in [0.2, 0.25) is 5.02 Å². The molecule has 6 rings (SSSR count). The third-order valence-electron chi connectivity index (χ3n) is 6.86. The lowest BCUT2D eigenvalue weighted by Crippen LogP contribution is -2.01. The van der Waals surface area contributed by atoms with Crippen LogP contribution in [0.4, 0.5) is 0 Å². The van der Waals surface area contributed by atoms with Gasteiger partial charge in [0.25, 0.3) is 0 Å². The molecule has 36 heavy (non-hydrogen) atoms. The van der Waals surface area contributed by atoms with Crippen LogP contribution in [0.5, 0.6) is 0 Å². The van der Waals surface area contributed by atoms with Crippen molar-refractivity contribution in [1.29, 1.82) is 0 Å². The molecule has 0 radical (unpaired) electrons. The molecule has 172 valence electrons. The van der Waals surface area contributed by atoms with E-state index in [4.69, 9.17) is 11.6 Å². The first-order chi connectivity index (χ1) is 17.8. The summed E-state index contributed by atoms with van der Waals surface area (Å²) in [7, 11) is 0. The van der Waals surface area contributed by atoms with E-state index in [9.17, 15) is 0 Å². The number of rotatable bonds is 5. The summed E-state index contributed by atoms with van der Waals surface area (Å²) in [6.07, 6.45) is 2.40. The molecule has 0 saturated carbocycles. The van der Waals surface area contributed by atoms with Gasteiger partial charge in [-0.15, -0.1) is 0 Å². The van der Waals surface area contributed by atoms with Crippen LogP contribution >= 0.6 is 11.6 Å². The average Bonchev–Trinajstić information content (AvgIpc) is 3.26. The van der Waals surface area contributed by atoms with Crippen LogP contribution in [-0.4, -0.2) is 0 Å². The first-order valence-corrected chi connectivity index (χ1v) is 12.6. The lowest BCUT2D eigenvalue weighted by Gasteiger charge is -2.18. The van der Waals surface area contributed by atoms with Crippen LogP contribution in [-0.2, 0) is 0 Å². The fraction of sp³-hybridized carbons (Fsp3) is 0.0286. The zero-order valence-corrected chi connectivity index (χ0v) is 20.6. The molecular weight excluding hydrogens is 456 g/mol. The maximum atomic E-state index is 6.58. The van der Waals surface area contributed by atoms with Crippen LogP contribution < -0.4 is 0 Å². The van der Waals surface area contributed by atoms with E-state index in [0.717, 1.165) is 5.02 Å². The van der Waals surface area contributed by atoms with Crippen LogP contribution in [0.25, 0.3) is 11.1 Å². The lowest BCUT2D eigenvalue weighted by molar-refractivity contribution is 1.01. The zero-order valence-electron chi connectivity index (χ0n) is 19.8. The topological polar surface area (TPSA) is 0 Å². The van der Waals surface area contributed by atoms with Crippen molar-refractivity contribution >= 4 is 22.7 Å². The molecule has 0 bridgehead atoms. The van der Waals surface area contributed by atoms with Crippen molar-refractivity contribution in [1.82, 2.24) is 0 Å². The molecule has 5 aromatic carbocycles. The van der Waals surface area contributed by atoms with Gasteiger partial charge in [0.1, 0.15) is 0 Å². The van der Waals surface area contributed by atoms with E-state index in [1.807, 2.05) is 6.07 Å². The molecule has 0 amide bonds. The Morgan fingerprint density at radius 1 is 0.583 bits per heavy atom. The molecule has 5 aromatic rings. The molecule has 0 N–H and O–H groups in total. The molecule has 1 unspecified atom stereocenters. The highest BCUT2D eigenvalue weighted by molar-refractivity contribution is 6.30. The first-order valence-electron chi connectivity index (χ1n) is 12.3. The maximum absolute atomic E-state index is 6.58. The Labute approximate surface area is 217 Å². The van der Waals surface area contributed by atoms with Gasteiger partial charge in [-0.3, -0.25) is 0 Å². The maximum Gasteiger partial charge on any atom is 0.0409 e. The van der Waals surface area contributed by atoms with Crippen LogP contribution in [0.1, 0.15) is 39.3 Å². The first kappa shape index (κ1) is 22.3. The molecule has 1 atom stereocenters. The SMILES string of the molecule is Clc1ccc2c(c1)C(c1ccccc1)C(C=C(c1ccccc1)c1ccccc1)=C2c1ccccc1. The minimum absolute atomic E-state index is 0.0810. The number of hydrogen-bond acceptors (Lipinski definition) is 0. The number of fused-ring (bicyclic) bond motifs is 1. The zero-order chi connectivity index (χ0) is 24.3. The highest BCUT2D eigenvalue weighted by Gasteiger charge is 2.32. The van der Waals surface area contributed by atoms with Gasteiger partial charge in [0.05, 0.1) is 0 Å². The van der Waals surface area contributed by atoms with Gasteiger partial charge in [0.15, 0.2) is 0 Å². The second-order valence-electron chi connectivity index (χ2n) is 9.06. The predicted molar refractivity (Wildman–Crippen MR) is 152 cm³/mol. The van der Waals surface area contributed by atoms with E-state index in [2.05, 4.69) is 140 Å². The van der Waals surface area contributed by atoms with Crippen LogP contribution in [0.3, 0.4) is 0 Å². The predicted octanol–water partition coefficient (Wildman–Crippen LogP) is 9.42. The molecule has 0 aromatic heterocycles. The number of hydrogen-bond donors (Lipinski definition) is 0. The summed E-state index contributed by atoms with van der Waals surface area (Å²) in [6, 6.07) is 49.2. The van der Waals surface area contributed by atoms with E-state index in [1.54, 1.807) is 0 Å².